The van der Waals surface area contributed by atoms with Crippen molar-refractivity contribution >= 4 is 11.8 Å². The van der Waals surface area contributed by atoms with Crippen LogP contribution in [-0.2, 0) is 17.9 Å². The molecule has 1 atom stereocenters. The first kappa shape index (κ1) is 17.5. The second-order valence-corrected chi connectivity index (χ2v) is 6.96. The second-order valence-electron chi connectivity index (χ2n) is 6.96. The molecule has 8 heteroatoms. The number of benzene rings is 1. The van der Waals surface area contributed by atoms with E-state index in [1.54, 1.807) is 25.0 Å². The van der Waals surface area contributed by atoms with Gasteiger partial charge in [0.25, 0.3) is 5.91 Å². The van der Waals surface area contributed by atoms with E-state index in [1.165, 1.54) is 0 Å². The van der Waals surface area contributed by atoms with E-state index >= 15 is 0 Å². The number of fused-ring (bicyclic) bond motifs is 1. The van der Waals surface area contributed by atoms with Crippen LogP contribution in [0.5, 0.6) is 5.75 Å². The smallest absolute Gasteiger partial charge is 0.254 e. The molecule has 2 aliphatic heterocycles. The van der Waals surface area contributed by atoms with Crippen molar-refractivity contribution in [3.8, 4) is 5.75 Å². The van der Waals surface area contributed by atoms with Crippen molar-refractivity contribution in [3.05, 3.63) is 41.5 Å². The fourth-order valence-corrected chi connectivity index (χ4v) is 3.90. The van der Waals surface area contributed by atoms with Crippen molar-refractivity contribution in [2.24, 2.45) is 0 Å². The molecule has 2 aliphatic rings. The summed E-state index contributed by atoms with van der Waals surface area (Å²) >= 11 is 0. The summed E-state index contributed by atoms with van der Waals surface area (Å²) in [5.74, 6) is 2.30. The Hall–Kier alpha value is -2.90. The number of methoxy groups -OCH3 is 1. The Labute approximate surface area is 157 Å². The van der Waals surface area contributed by atoms with E-state index in [0.717, 1.165) is 24.5 Å². The van der Waals surface area contributed by atoms with E-state index in [-0.39, 0.29) is 17.9 Å². The van der Waals surface area contributed by atoms with Crippen LogP contribution in [0.25, 0.3) is 0 Å². The van der Waals surface area contributed by atoms with Crippen LogP contribution >= 0.6 is 0 Å². The van der Waals surface area contributed by atoms with Gasteiger partial charge in [-0.25, -0.2) is 0 Å². The number of rotatable bonds is 3. The molecule has 1 fully saturated rings. The van der Waals surface area contributed by atoms with Crippen molar-refractivity contribution in [2.75, 3.05) is 20.2 Å². The molecule has 1 aromatic carbocycles. The van der Waals surface area contributed by atoms with Gasteiger partial charge in [0.05, 0.1) is 19.7 Å². The lowest BCUT2D eigenvalue weighted by Gasteiger charge is -2.29. The Balaban J connectivity index is 1.59. The van der Waals surface area contributed by atoms with Crippen LogP contribution in [-0.4, -0.2) is 56.6 Å². The largest absolute Gasteiger partial charge is 0.497 e. The van der Waals surface area contributed by atoms with Gasteiger partial charge in [-0.05, 0) is 31.0 Å². The molecule has 8 nitrogen and oxygen atoms in total. The predicted molar refractivity (Wildman–Crippen MR) is 97.1 cm³/mol. The molecule has 27 heavy (non-hydrogen) atoms. The summed E-state index contributed by atoms with van der Waals surface area (Å²) in [4.78, 5) is 28.4. The zero-order chi connectivity index (χ0) is 19.0. The third-order valence-electron chi connectivity index (χ3n) is 5.36. The molecule has 3 heterocycles. The van der Waals surface area contributed by atoms with Crippen LogP contribution in [0.2, 0.25) is 0 Å². The Morgan fingerprint density at radius 1 is 1.19 bits per heavy atom. The minimum Gasteiger partial charge on any atom is -0.497 e. The molecule has 1 aromatic heterocycles. The van der Waals surface area contributed by atoms with Gasteiger partial charge in [0.1, 0.15) is 5.75 Å². The monoisotopic (exact) mass is 369 g/mol. The summed E-state index contributed by atoms with van der Waals surface area (Å²) in [5.41, 5.74) is 0.613. The van der Waals surface area contributed by atoms with Crippen molar-refractivity contribution < 1.29 is 14.3 Å². The SMILES string of the molecule is COc1cccc(C(=O)N2CCC[C@@H]2c2nnc3n2CCN(C(C)=O)C3)c1. The standard InChI is InChI=1S/C19H23N5O3/c1-13(25)22-9-10-24-17(12-22)20-21-18(24)16-7-4-8-23(16)19(26)14-5-3-6-15(11-14)27-2/h3,5-6,11,16H,4,7-10,12H2,1-2H3/t16-/m1/s1. The minimum absolute atomic E-state index is 0.0186. The third kappa shape index (κ3) is 3.15. The highest BCUT2D eigenvalue weighted by Crippen LogP contribution is 2.33. The third-order valence-corrected chi connectivity index (χ3v) is 5.36. The number of likely N-dealkylation sites (tertiary alicyclic amines) is 1. The van der Waals surface area contributed by atoms with Gasteiger partial charge in [-0.1, -0.05) is 6.07 Å². The molecular formula is C19H23N5O3. The molecule has 0 bridgehead atoms. The van der Waals surface area contributed by atoms with Gasteiger partial charge in [-0.15, -0.1) is 10.2 Å². The molecule has 0 radical (unpaired) electrons. The highest BCUT2D eigenvalue weighted by atomic mass is 16.5. The number of hydrogen-bond acceptors (Lipinski definition) is 5. The highest BCUT2D eigenvalue weighted by Gasteiger charge is 2.36. The molecule has 0 unspecified atom stereocenters. The van der Waals surface area contributed by atoms with Crippen LogP contribution < -0.4 is 4.74 Å². The van der Waals surface area contributed by atoms with E-state index in [9.17, 15) is 9.59 Å². The first-order chi connectivity index (χ1) is 13.1. The van der Waals surface area contributed by atoms with Gasteiger partial charge in [-0.3, -0.25) is 9.59 Å². The van der Waals surface area contributed by atoms with Crippen LogP contribution in [0.4, 0.5) is 0 Å². The van der Waals surface area contributed by atoms with Gasteiger partial charge in [0.2, 0.25) is 5.91 Å². The van der Waals surface area contributed by atoms with Crippen LogP contribution in [0.1, 0.15) is 47.8 Å². The van der Waals surface area contributed by atoms with Crippen molar-refractivity contribution in [3.63, 3.8) is 0 Å². The Morgan fingerprint density at radius 3 is 2.81 bits per heavy atom. The number of carbonyl (C=O) groups is 2. The van der Waals surface area contributed by atoms with E-state index in [0.29, 0.717) is 37.5 Å². The van der Waals surface area contributed by atoms with Gasteiger partial charge < -0.3 is 19.1 Å². The lowest BCUT2D eigenvalue weighted by atomic mass is 10.1. The molecule has 0 saturated carbocycles. The van der Waals surface area contributed by atoms with E-state index in [2.05, 4.69) is 14.8 Å². The zero-order valence-electron chi connectivity index (χ0n) is 15.6. The van der Waals surface area contributed by atoms with E-state index in [4.69, 9.17) is 4.74 Å². The highest BCUT2D eigenvalue weighted by molar-refractivity contribution is 5.95. The Bertz CT molecular complexity index is 878. The number of nitrogens with zero attached hydrogens (tertiary/aromatic N) is 5. The van der Waals surface area contributed by atoms with Crippen molar-refractivity contribution in [2.45, 2.75) is 38.9 Å². The maximum atomic E-state index is 13.1. The molecule has 0 spiro atoms. The summed E-state index contributed by atoms with van der Waals surface area (Å²) in [6.45, 7) is 4.04. The molecular weight excluding hydrogens is 346 g/mol. The maximum Gasteiger partial charge on any atom is 0.254 e. The zero-order valence-corrected chi connectivity index (χ0v) is 15.6. The first-order valence-electron chi connectivity index (χ1n) is 9.21. The topological polar surface area (TPSA) is 80.6 Å². The summed E-state index contributed by atoms with van der Waals surface area (Å²) in [5, 5.41) is 8.68. The number of ether oxygens (including phenoxy) is 1. The average molecular weight is 369 g/mol. The molecule has 4 rings (SSSR count). The van der Waals surface area contributed by atoms with Gasteiger partial charge in [0.15, 0.2) is 11.6 Å². The van der Waals surface area contributed by atoms with E-state index in [1.807, 2.05) is 23.1 Å². The minimum atomic E-state index is -0.0890. The average Bonchev–Trinajstić information content (AvgIpc) is 3.33. The first-order valence-corrected chi connectivity index (χ1v) is 9.21. The lowest BCUT2D eigenvalue weighted by Crippen LogP contribution is -2.38. The number of amides is 2. The van der Waals surface area contributed by atoms with Crippen molar-refractivity contribution in [1.29, 1.82) is 0 Å². The number of hydrogen-bond donors (Lipinski definition) is 0. The fraction of sp³-hybridized carbons (Fsp3) is 0.474. The molecule has 0 N–H and O–H groups in total. The van der Waals surface area contributed by atoms with Crippen LogP contribution in [0, 0.1) is 0 Å². The fourth-order valence-electron chi connectivity index (χ4n) is 3.90. The van der Waals surface area contributed by atoms with E-state index < -0.39 is 0 Å². The second kappa shape index (κ2) is 7.02. The van der Waals surface area contributed by atoms with Crippen LogP contribution in [0.15, 0.2) is 24.3 Å². The maximum absolute atomic E-state index is 13.1. The predicted octanol–water partition coefficient (Wildman–Crippen LogP) is 1.63. The van der Waals surface area contributed by atoms with Gasteiger partial charge >= 0.3 is 0 Å². The van der Waals surface area contributed by atoms with Crippen molar-refractivity contribution in [1.82, 2.24) is 24.6 Å². The quantitative estimate of drug-likeness (QED) is 0.821. The number of carbonyl (C=O) groups excluding carboxylic acids is 2. The molecule has 0 aliphatic carbocycles. The molecule has 2 amide bonds. The summed E-state index contributed by atoms with van der Waals surface area (Å²) < 4.78 is 7.31. The summed E-state index contributed by atoms with van der Waals surface area (Å²) in [6, 6.07) is 7.14. The Kier molecular flexibility index (Phi) is 4.55. The van der Waals surface area contributed by atoms with Gasteiger partial charge in [0, 0.05) is 32.1 Å². The van der Waals surface area contributed by atoms with Crippen LogP contribution in [0.3, 0.4) is 0 Å². The number of aromatic nitrogens is 3. The van der Waals surface area contributed by atoms with Gasteiger partial charge in [-0.2, -0.15) is 0 Å². The normalized spacial score (nSPS) is 19.1. The lowest BCUT2D eigenvalue weighted by molar-refractivity contribution is -0.130. The summed E-state index contributed by atoms with van der Waals surface area (Å²) in [7, 11) is 1.59. The Morgan fingerprint density at radius 2 is 2.04 bits per heavy atom. The molecule has 142 valence electrons. The molecule has 2 aromatic rings. The molecule has 1 saturated heterocycles. The summed E-state index contributed by atoms with van der Waals surface area (Å²) in [6.07, 6.45) is 1.80.